The highest BCUT2D eigenvalue weighted by Crippen LogP contribution is 2.15. The van der Waals surface area contributed by atoms with Crippen molar-refractivity contribution < 1.29 is 14.2 Å². The SMILES string of the molecule is Cn1ccnc1CNCC(O)COc1ccccc1F. The zero-order valence-corrected chi connectivity index (χ0v) is 11.3. The van der Waals surface area contributed by atoms with Crippen molar-refractivity contribution in [3.8, 4) is 5.75 Å². The molecule has 6 heteroatoms. The quantitative estimate of drug-likeness (QED) is 0.796. The highest BCUT2D eigenvalue weighted by Gasteiger charge is 2.08. The van der Waals surface area contributed by atoms with Crippen LogP contribution in [0.4, 0.5) is 4.39 Å². The summed E-state index contributed by atoms with van der Waals surface area (Å²) in [5.41, 5.74) is 0. The van der Waals surface area contributed by atoms with Gasteiger partial charge in [0.2, 0.25) is 0 Å². The van der Waals surface area contributed by atoms with Gasteiger partial charge in [0.25, 0.3) is 0 Å². The Balaban J connectivity index is 1.69. The summed E-state index contributed by atoms with van der Waals surface area (Å²) in [7, 11) is 1.90. The fourth-order valence-electron chi connectivity index (χ4n) is 1.72. The first-order valence-corrected chi connectivity index (χ1v) is 6.39. The van der Waals surface area contributed by atoms with E-state index in [-0.39, 0.29) is 12.4 Å². The number of hydrogen-bond donors (Lipinski definition) is 2. The number of aliphatic hydroxyl groups excluding tert-OH is 1. The van der Waals surface area contributed by atoms with Gasteiger partial charge in [0.05, 0.1) is 6.54 Å². The lowest BCUT2D eigenvalue weighted by Gasteiger charge is -2.13. The molecule has 0 bridgehead atoms. The molecule has 0 aliphatic heterocycles. The number of aromatic nitrogens is 2. The highest BCUT2D eigenvalue weighted by molar-refractivity contribution is 5.23. The second-order valence-corrected chi connectivity index (χ2v) is 4.48. The number of aryl methyl sites for hydroxylation is 1. The summed E-state index contributed by atoms with van der Waals surface area (Å²) >= 11 is 0. The Morgan fingerprint density at radius 1 is 1.45 bits per heavy atom. The van der Waals surface area contributed by atoms with Gasteiger partial charge >= 0.3 is 0 Å². The van der Waals surface area contributed by atoms with E-state index in [1.54, 1.807) is 18.3 Å². The van der Waals surface area contributed by atoms with Gasteiger partial charge in [-0.3, -0.25) is 0 Å². The van der Waals surface area contributed by atoms with E-state index in [0.29, 0.717) is 13.1 Å². The van der Waals surface area contributed by atoms with Crippen molar-refractivity contribution in [2.24, 2.45) is 7.05 Å². The number of benzene rings is 1. The van der Waals surface area contributed by atoms with Gasteiger partial charge in [0.1, 0.15) is 18.5 Å². The molecule has 1 heterocycles. The van der Waals surface area contributed by atoms with Gasteiger partial charge in [-0.05, 0) is 12.1 Å². The van der Waals surface area contributed by atoms with E-state index in [0.717, 1.165) is 5.82 Å². The lowest BCUT2D eigenvalue weighted by atomic mass is 10.3. The first kappa shape index (κ1) is 14.5. The van der Waals surface area contributed by atoms with E-state index >= 15 is 0 Å². The molecule has 1 aromatic carbocycles. The van der Waals surface area contributed by atoms with Crippen molar-refractivity contribution >= 4 is 0 Å². The molecule has 108 valence electrons. The number of rotatable bonds is 7. The Morgan fingerprint density at radius 2 is 2.25 bits per heavy atom. The molecule has 1 unspecified atom stereocenters. The van der Waals surface area contributed by atoms with E-state index in [1.165, 1.54) is 12.1 Å². The van der Waals surface area contributed by atoms with Crippen LogP contribution in [0.1, 0.15) is 5.82 Å². The second kappa shape index (κ2) is 7.02. The van der Waals surface area contributed by atoms with E-state index in [9.17, 15) is 9.50 Å². The zero-order chi connectivity index (χ0) is 14.4. The Kier molecular flexibility index (Phi) is 5.09. The van der Waals surface area contributed by atoms with Crippen LogP contribution in [-0.2, 0) is 13.6 Å². The summed E-state index contributed by atoms with van der Waals surface area (Å²) in [6.45, 7) is 0.941. The Morgan fingerprint density at radius 3 is 2.95 bits per heavy atom. The van der Waals surface area contributed by atoms with Crippen LogP contribution in [0.25, 0.3) is 0 Å². The Hall–Kier alpha value is -1.92. The summed E-state index contributed by atoms with van der Waals surface area (Å²) in [5.74, 6) is 0.601. The van der Waals surface area contributed by atoms with Crippen LogP contribution in [0.2, 0.25) is 0 Å². The zero-order valence-electron chi connectivity index (χ0n) is 11.3. The van der Waals surface area contributed by atoms with Crippen LogP contribution in [0.15, 0.2) is 36.7 Å². The third kappa shape index (κ3) is 4.04. The van der Waals surface area contributed by atoms with Crippen molar-refractivity contribution in [2.75, 3.05) is 13.2 Å². The Bertz CT molecular complexity index is 545. The van der Waals surface area contributed by atoms with E-state index in [4.69, 9.17) is 4.74 Å². The number of imidazole rings is 1. The normalized spacial score (nSPS) is 12.3. The third-order valence-corrected chi connectivity index (χ3v) is 2.85. The standard InChI is InChI=1S/C14H18FN3O2/c1-18-7-6-17-14(18)9-16-8-11(19)10-20-13-5-3-2-4-12(13)15/h2-7,11,16,19H,8-10H2,1H3. The summed E-state index contributed by atoms with van der Waals surface area (Å²) in [6.07, 6.45) is 2.86. The fraction of sp³-hybridized carbons (Fsp3) is 0.357. The molecule has 0 fully saturated rings. The molecule has 2 N–H and O–H groups in total. The smallest absolute Gasteiger partial charge is 0.165 e. The molecule has 0 aliphatic carbocycles. The minimum Gasteiger partial charge on any atom is -0.488 e. The van der Waals surface area contributed by atoms with Gasteiger partial charge in [0, 0.05) is 26.0 Å². The molecule has 20 heavy (non-hydrogen) atoms. The monoisotopic (exact) mass is 279 g/mol. The van der Waals surface area contributed by atoms with Crippen LogP contribution in [0.5, 0.6) is 5.75 Å². The number of para-hydroxylation sites is 1. The molecule has 5 nitrogen and oxygen atoms in total. The third-order valence-electron chi connectivity index (χ3n) is 2.85. The lowest BCUT2D eigenvalue weighted by Crippen LogP contribution is -2.31. The molecule has 2 rings (SSSR count). The van der Waals surface area contributed by atoms with Gasteiger partial charge < -0.3 is 19.7 Å². The van der Waals surface area contributed by atoms with E-state index < -0.39 is 11.9 Å². The topological polar surface area (TPSA) is 59.3 Å². The average Bonchev–Trinajstić information content (AvgIpc) is 2.84. The van der Waals surface area contributed by atoms with Crippen molar-refractivity contribution in [3.63, 3.8) is 0 Å². The van der Waals surface area contributed by atoms with Crippen LogP contribution in [-0.4, -0.2) is 33.9 Å². The minimum atomic E-state index is -0.713. The summed E-state index contributed by atoms with van der Waals surface area (Å²) in [5, 5.41) is 12.8. The molecule has 0 aliphatic rings. The van der Waals surface area contributed by atoms with Crippen molar-refractivity contribution in [1.82, 2.24) is 14.9 Å². The highest BCUT2D eigenvalue weighted by atomic mass is 19.1. The number of aliphatic hydroxyl groups is 1. The maximum absolute atomic E-state index is 13.3. The average molecular weight is 279 g/mol. The first-order chi connectivity index (χ1) is 9.66. The molecular formula is C14H18FN3O2. The van der Waals surface area contributed by atoms with E-state index in [1.807, 2.05) is 17.8 Å². The van der Waals surface area contributed by atoms with Crippen LogP contribution in [0, 0.1) is 5.82 Å². The van der Waals surface area contributed by atoms with Crippen LogP contribution < -0.4 is 10.1 Å². The maximum Gasteiger partial charge on any atom is 0.165 e. The van der Waals surface area contributed by atoms with Crippen LogP contribution >= 0.6 is 0 Å². The van der Waals surface area contributed by atoms with Gasteiger partial charge in [-0.1, -0.05) is 12.1 Å². The number of ether oxygens (including phenoxy) is 1. The summed E-state index contributed by atoms with van der Waals surface area (Å²) in [4.78, 5) is 4.16. The number of halogens is 1. The van der Waals surface area contributed by atoms with Gasteiger partial charge in [-0.2, -0.15) is 0 Å². The summed E-state index contributed by atoms with van der Waals surface area (Å²) < 4.78 is 20.4. The lowest BCUT2D eigenvalue weighted by molar-refractivity contribution is 0.104. The maximum atomic E-state index is 13.3. The van der Waals surface area contributed by atoms with Gasteiger partial charge in [-0.15, -0.1) is 0 Å². The molecular weight excluding hydrogens is 261 g/mol. The summed E-state index contributed by atoms with van der Waals surface area (Å²) in [6, 6.07) is 6.13. The first-order valence-electron chi connectivity index (χ1n) is 6.39. The number of nitrogens with zero attached hydrogens (tertiary/aromatic N) is 2. The van der Waals surface area contributed by atoms with Crippen LogP contribution in [0.3, 0.4) is 0 Å². The molecule has 1 aromatic heterocycles. The molecule has 0 radical (unpaired) electrons. The largest absolute Gasteiger partial charge is 0.488 e. The second-order valence-electron chi connectivity index (χ2n) is 4.48. The molecule has 0 spiro atoms. The van der Waals surface area contributed by atoms with Crippen molar-refractivity contribution in [2.45, 2.75) is 12.6 Å². The van der Waals surface area contributed by atoms with Crippen molar-refractivity contribution in [3.05, 3.63) is 48.3 Å². The van der Waals surface area contributed by atoms with Gasteiger partial charge in [0.15, 0.2) is 11.6 Å². The molecule has 1 atom stereocenters. The fourth-order valence-corrected chi connectivity index (χ4v) is 1.72. The number of nitrogens with one attached hydrogen (secondary N) is 1. The van der Waals surface area contributed by atoms with E-state index in [2.05, 4.69) is 10.3 Å². The Labute approximate surface area is 117 Å². The predicted octanol–water partition coefficient (Wildman–Crippen LogP) is 1.09. The molecule has 2 aromatic rings. The minimum absolute atomic E-state index is 0.0362. The predicted molar refractivity (Wildman–Crippen MR) is 72.8 cm³/mol. The van der Waals surface area contributed by atoms with Crippen molar-refractivity contribution in [1.29, 1.82) is 0 Å². The van der Waals surface area contributed by atoms with Gasteiger partial charge in [-0.25, -0.2) is 9.37 Å². The molecule has 0 amide bonds. The number of hydrogen-bond acceptors (Lipinski definition) is 4. The molecule has 0 saturated heterocycles. The molecule has 0 saturated carbocycles.